The predicted molar refractivity (Wildman–Crippen MR) is 104 cm³/mol. The molecule has 0 saturated heterocycles. The Bertz CT molecular complexity index is 793. The van der Waals surface area contributed by atoms with Crippen LogP contribution in [0.4, 0.5) is 5.69 Å². The van der Waals surface area contributed by atoms with Gasteiger partial charge in [0, 0.05) is 19.5 Å². The van der Waals surface area contributed by atoms with E-state index in [1.807, 2.05) is 12.1 Å². The zero-order valence-electron chi connectivity index (χ0n) is 15.6. The predicted octanol–water partition coefficient (Wildman–Crippen LogP) is 1.96. The van der Waals surface area contributed by atoms with Crippen LogP contribution in [0.5, 0.6) is 11.5 Å². The van der Waals surface area contributed by atoms with Gasteiger partial charge in [0.25, 0.3) is 5.91 Å². The number of anilines is 1. The Morgan fingerprint density at radius 2 is 1.85 bits per heavy atom. The molecule has 0 heterocycles. The van der Waals surface area contributed by atoms with Gasteiger partial charge in [-0.25, -0.2) is 0 Å². The third-order valence-corrected chi connectivity index (χ3v) is 3.98. The molecule has 2 aromatic rings. The number of ether oxygens (including phenoxy) is 2. The van der Waals surface area contributed by atoms with Gasteiger partial charge < -0.3 is 25.8 Å². The fourth-order valence-corrected chi connectivity index (χ4v) is 2.61. The summed E-state index contributed by atoms with van der Waals surface area (Å²) >= 11 is 0. The first-order valence-corrected chi connectivity index (χ1v) is 8.67. The van der Waals surface area contributed by atoms with Crippen molar-refractivity contribution in [1.29, 1.82) is 0 Å². The summed E-state index contributed by atoms with van der Waals surface area (Å²) in [6.45, 7) is 0.722. The highest BCUT2D eigenvalue weighted by molar-refractivity contribution is 6.03. The number of nitrogens with two attached hydrogens (primary N) is 1. The second-order valence-corrected chi connectivity index (χ2v) is 5.82. The highest BCUT2D eigenvalue weighted by Gasteiger charge is 2.13. The number of benzene rings is 2. The summed E-state index contributed by atoms with van der Waals surface area (Å²) in [5.41, 5.74) is 7.15. The number of carbonyl (C=O) groups excluding carboxylic acids is 2. The molecule has 0 aliphatic carbocycles. The van der Waals surface area contributed by atoms with Crippen LogP contribution in [0.2, 0.25) is 0 Å². The highest BCUT2D eigenvalue weighted by atomic mass is 16.5. The fourth-order valence-electron chi connectivity index (χ4n) is 2.61. The molecule has 0 radical (unpaired) electrons. The minimum Gasteiger partial charge on any atom is -0.497 e. The Hall–Kier alpha value is -3.06. The van der Waals surface area contributed by atoms with E-state index in [-0.39, 0.29) is 18.2 Å². The van der Waals surface area contributed by atoms with Crippen LogP contribution >= 0.6 is 0 Å². The van der Waals surface area contributed by atoms with E-state index in [0.717, 1.165) is 5.56 Å². The van der Waals surface area contributed by atoms with Gasteiger partial charge in [0.1, 0.15) is 11.5 Å². The molecule has 2 rings (SSSR count). The van der Waals surface area contributed by atoms with Gasteiger partial charge in [-0.3, -0.25) is 9.59 Å². The molecular formula is C20H25N3O4. The van der Waals surface area contributed by atoms with Crippen molar-refractivity contribution in [2.75, 3.05) is 32.6 Å². The summed E-state index contributed by atoms with van der Waals surface area (Å²) in [5, 5.41) is 5.50. The van der Waals surface area contributed by atoms with Crippen LogP contribution in [0.15, 0.2) is 42.5 Å². The summed E-state index contributed by atoms with van der Waals surface area (Å²) in [4.78, 5) is 24.6. The van der Waals surface area contributed by atoms with Gasteiger partial charge in [-0.05, 0) is 42.3 Å². The van der Waals surface area contributed by atoms with E-state index in [1.54, 1.807) is 44.6 Å². The topological polar surface area (TPSA) is 103 Å². The molecule has 2 amide bonds. The van der Waals surface area contributed by atoms with E-state index in [2.05, 4.69) is 10.6 Å². The first-order valence-electron chi connectivity index (χ1n) is 8.67. The van der Waals surface area contributed by atoms with Crippen molar-refractivity contribution in [3.8, 4) is 11.5 Å². The molecule has 7 heteroatoms. The van der Waals surface area contributed by atoms with Crippen molar-refractivity contribution in [2.24, 2.45) is 5.73 Å². The Kier molecular flexibility index (Phi) is 7.63. The number of amides is 2. The Labute approximate surface area is 158 Å². The maximum Gasteiger partial charge on any atom is 0.253 e. The van der Waals surface area contributed by atoms with Crippen LogP contribution in [0.1, 0.15) is 22.3 Å². The maximum atomic E-state index is 12.4. The Morgan fingerprint density at radius 3 is 2.56 bits per heavy atom. The zero-order chi connectivity index (χ0) is 19.6. The van der Waals surface area contributed by atoms with Crippen LogP contribution in [0.25, 0.3) is 0 Å². The summed E-state index contributed by atoms with van der Waals surface area (Å²) in [6, 6.07) is 12.3. The van der Waals surface area contributed by atoms with Crippen molar-refractivity contribution in [2.45, 2.75) is 12.8 Å². The molecule has 4 N–H and O–H groups in total. The lowest BCUT2D eigenvalue weighted by Crippen LogP contribution is -2.30. The molecule has 0 aromatic heterocycles. The van der Waals surface area contributed by atoms with Gasteiger partial charge in [-0.2, -0.15) is 0 Å². The zero-order valence-corrected chi connectivity index (χ0v) is 15.6. The molecule has 0 aliphatic rings. The van der Waals surface area contributed by atoms with Gasteiger partial charge in [-0.15, -0.1) is 0 Å². The quantitative estimate of drug-likeness (QED) is 0.625. The van der Waals surface area contributed by atoms with Gasteiger partial charge in [0.05, 0.1) is 25.5 Å². The van der Waals surface area contributed by atoms with Crippen molar-refractivity contribution in [1.82, 2.24) is 5.32 Å². The average molecular weight is 371 g/mol. The van der Waals surface area contributed by atoms with Crippen molar-refractivity contribution < 1.29 is 19.1 Å². The number of para-hydroxylation sites is 1. The van der Waals surface area contributed by atoms with Gasteiger partial charge >= 0.3 is 0 Å². The Balaban J connectivity index is 2.04. The molecule has 0 bridgehead atoms. The average Bonchev–Trinajstić information content (AvgIpc) is 2.70. The maximum absolute atomic E-state index is 12.4. The van der Waals surface area contributed by atoms with Crippen LogP contribution in [0, 0.1) is 0 Å². The van der Waals surface area contributed by atoms with Crippen molar-refractivity contribution in [3.05, 3.63) is 53.6 Å². The molecule has 0 spiro atoms. The van der Waals surface area contributed by atoms with Crippen LogP contribution < -0.4 is 25.8 Å². The standard InChI is InChI=1S/C20H25N3O4/c1-26-15-8-9-18(27-2)14(13-15)7-10-19(24)23-17-6-4-3-5-16(17)20(25)22-12-11-21/h3-6,8-9,13H,7,10-12,21H2,1-2H3,(H,22,25)(H,23,24). The van der Waals surface area contributed by atoms with Crippen LogP contribution in [0.3, 0.4) is 0 Å². The Morgan fingerprint density at radius 1 is 1.07 bits per heavy atom. The number of aryl methyl sites for hydroxylation is 1. The smallest absolute Gasteiger partial charge is 0.253 e. The first kappa shape index (κ1) is 20.3. The van der Waals surface area contributed by atoms with Crippen molar-refractivity contribution in [3.63, 3.8) is 0 Å². The van der Waals surface area contributed by atoms with Crippen LogP contribution in [-0.4, -0.2) is 39.1 Å². The lowest BCUT2D eigenvalue weighted by Gasteiger charge is -2.12. The number of carbonyl (C=O) groups is 2. The fraction of sp³-hybridized carbons (Fsp3) is 0.300. The molecule has 7 nitrogen and oxygen atoms in total. The summed E-state index contributed by atoms with van der Waals surface area (Å²) in [5.74, 6) is 0.933. The largest absolute Gasteiger partial charge is 0.497 e. The van der Waals surface area contributed by atoms with Crippen molar-refractivity contribution >= 4 is 17.5 Å². The molecule has 0 unspecified atom stereocenters. The molecule has 2 aromatic carbocycles. The van der Waals surface area contributed by atoms with Gasteiger partial charge in [0.2, 0.25) is 5.91 Å². The molecule has 0 saturated carbocycles. The summed E-state index contributed by atoms with van der Waals surface area (Å²) in [7, 11) is 3.17. The van der Waals surface area contributed by atoms with E-state index in [9.17, 15) is 9.59 Å². The van der Waals surface area contributed by atoms with E-state index < -0.39 is 0 Å². The second kappa shape index (κ2) is 10.2. The molecule has 27 heavy (non-hydrogen) atoms. The number of nitrogens with one attached hydrogen (secondary N) is 2. The lowest BCUT2D eigenvalue weighted by atomic mass is 10.1. The number of methoxy groups -OCH3 is 2. The molecule has 0 fully saturated rings. The summed E-state index contributed by atoms with van der Waals surface area (Å²) < 4.78 is 10.6. The van der Waals surface area contributed by atoms with Gasteiger partial charge in [-0.1, -0.05) is 12.1 Å². The SMILES string of the molecule is COc1ccc(OC)c(CCC(=O)Nc2ccccc2C(=O)NCCN)c1. The van der Waals surface area contributed by atoms with Crippen LogP contribution in [-0.2, 0) is 11.2 Å². The number of hydrogen-bond acceptors (Lipinski definition) is 5. The molecule has 0 atom stereocenters. The van der Waals surface area contributed by atoms with E-state index in [1.165, 1.54) is 0 Å². The molecule has 0 aliphatic heterocycles. The normalized spacial score (nSPS) is 10.2. The minimum atomic E-state index is -0.272. The number of rotatable bonds is 9. The monoisotopic (exact) mass is 371 g/mol. The summed E-state index contributed by atoms with van der Waals surface area (Å²) in [6.07, 6.45) is 0.718. The second-order valence-electron chi connectivity index (χ2n) is 5.82. The number of hydrogen-bond donors (Lipinski definition) is 3. The molecular weight excluding hydrogens is 346 g/mol. The van der Waals surface area contributed by atoms with Gasteiger partial charge in [0.15, 0.2) is 0 Å². The molecule has 144 valence electrons. The first-order chi connectivity index (χ1) is 13.1. The highest BCUT2D eigenvalue weighted by Crippen LogP contribution is 2.25. The third-order valence-electron chi connectivity index (χ3n) is 3.98. The van der Waals surface area contributed by atoms with E-state index >= 15 is 0 Å². The minimum absolute atomic E-state index is 0.195. The van der Waals surface area contributed by atoms with E-state index in [4.69, 9.17) is 15.2 Å². The third kappa shape index (κ3) is 5.72. The lowest BCUT2D eigenvalue weighted by molar-refractivity contribution is -0.116. The van der Waals surface area contributed by atoms with E-state index in [0.29, 0.717) is 42.3 Å².